The van der Waals surface area contributed by atoms with E-state index in [1.54, 1.807) is 0 Å². The zero-order valence-electron chi connectivity index (χ0n) is 13.1. The summed E-state index contributed by atoms with van der Waals surface area (Å²) >= 11 is 0. The molecule has 0 aromatic carbocycles. The molecule has 1 aliphatic carbocycles. The SMILES string of the molecule is CCc1nnc2n1C[C@@H](N[C@H](C)c1nc(C3CC3)no1)CC2. The number of aromatic nitrogens is 5. The molecule has 22 heavy (non-hydrogen) atoms. The number of hydrogen-bond acceptors (Lipinski definition) is 6. The van der Waals surface area contributed by atoms with E-state index in [1.807, 2.05) is 0 Å². The summed E-state index contributed by atoms with van der Waals surface area (Å²) in [5.74, 6) is 4.29. The van der Waals surface area contributed by atoms with Gasteiger partial charge in [0.2, 0.25) is 5.89 Å². The average Bonchev–Trinajstić information content (AvgIpc) is 3.12. The molecule has 0 radical (unpaired) electrons. The second-order valence-electron chi connectivity index (χ2n) is 6.39. The molecule has 2 aromatic heterocycles. The Morgan fingerprint density at radius 2 is 2.18 bits per heavy atom. The second kappa shape index (κ2) is 5.46. The van der Waals surface area contributed by atoms with Crippen molar-refractivity contribution >= 4 is 0 Å². The van der Waals surface area contributed by atoms with Gasteiger partial charge in [0.1, 0.15) is 11.6 Å². The quantitative estimate of drug-likeness (QED) is 0.906. The van der Waals surface area contributed by atoms with Crippen LogP contribution in [0.1, 0.15) is 68.4 Å². The van der Waals surface area contributed by atoms with Crippen molar-refractivity contribution in [2.75, 3.05) is 0 Å². The van der Waals surface area contributed by atoms with Crippen LogP contribution in [0, 0.1) is 0 Å². The first kappa shape index (κ1) is 13.9. The van der Waals surface area contributed by atoms with Gasteiger partial charge in [-0.2, -0.15) is 4.98 Å². The van der Waals surface area contributed by atoms with E-state index in [1.165, 1.54) is 12.8 Å². The van der Waals surface area contributed by atoms with Gasteiger partial charge in [-0.15, -0.1) is 10.2 Å². The number of nitrogens with one attached hydrogen (secondary N) is 1. The lowest BCUT2D eigenvalue weighted by molar-refractivity contribution is 0.292. The highest BCUT2D eigenvalue weighted by Crippen LogP contribution is 2.38. The van der Waals surface area contributed by atoms with E-state index in [-0.39, 0.29) is 6.04 Å². The molecule has 2 aromatic rings. The molecule has 1 saturated carbocycles. The summed E-state index contributed by atoms with van der Waals surface area (Å²) in [4.78, 5) is 4.53. The third kappa shape index (κ3) is 2.54. The monoisotopic (exact) mass is 302 g/mol. The molecule has 7 nitrogen and oxygen atoms in total. The lowest BCUT2D eigenvalue weighted by Gasteiger charge is -2.27. The van der Waals surface area contributed by atoms with Crippen molar-refractivity contribution in [1.82, 2.24) is 30.2 Å². The minimum absolute atomic E-state index is 0.0770. The van der Waals surface area contributed by atoms with Gasteiger partial charge in [-0.25, -0.2) is 0 Å². The standard InChI is InChI=1S/C15H22N6O/c1-3-12-18-19-13-7-6-11(8-21(12)13)16-9(2)15-17-14(20-22-15)10-4-5-10/h9-11,16H,3-8H2,1-2H3/t9-,11+/m1/s1. The number of fused-ring (bicyclic) bond motifs is 1. The number of nitrogens with zero attached hydrogens (tertiary/aromatic N) is 5. The maximum atomic E-state index is 5.41. The summed E-state index contributed by atoms with van der Waals surface area (Å²) < 4.78 is 7.66. The minimum atomic E-state index is 0.0770. The summed E-state index contributed by atoms with van der Waals surface area (Å²) in [7, 11) is 0. The zero-order valence-corrected chi connectivity index (χ0v) is 13.1. The van der Waals surface area contributed by atoms with Gasteiger partial charge in [0.25, 0.3) is 0 Å². The van der Waals surface area contributed by atoms with E-state index in [0.717, 1.165) is 43.3 Å². The van der Waals surface area contributed by atoms with Crippen LogP contribution >= 0.6 is 0 Å². The number of hydrogen-bond donors (Lipinski definition) is 1. The summed E-state index contributed by atoms with van der Waals surface area (Å²) in [5.41, 5.74) is 0. The van der Waals surface area contributed by atoms with Crippen molar-refractivity contribution < 1.29 is 4.52 Å². The third-order valence-electron chi connectivity index (χ3n) is 4.60. The zero-order chi connectivity index (χ0) is 15.1. The highest BCUT2D eigenvalue weighted by atomic mass is 16.5. The maximum absolute atomic E-state index is 5.41. The first-order valence-corrected chi connectivity index (χ1v) is 8.25. The Kier molecular flexibility index (Phi) is 3.44. The fourth-order valence-electron chi connectivity index (χ4n) is 3.14. The molecule has 1 fully saturated rings. The van der Waals surface area contributed by atoms with Crippen LogP contribution in [0.4, 0.5) is 0 Å². The largest absolute Gasteiger partial charge is 0.338 e. The van der Waals surface area contributed by atoms with Crippen molar-refractivity contribution in [2.24, 2.45) is 0 Å². The molecular weight excluding hydrogens is 280 g/mol. The van der Waals surface area contributed by atoms with Crippen LogP contribution < -0.4 is 5.32 Å². The third-order valence-corrected chi connectivity index (χ3v) is 4.60. The Hall–Kier alpha value is -1.76. The lowest BCUT2D eigenvalue weighted by Crippen LogP contribution is -2.39. The van der Waals surface area contributed by atoms with Crippen LogP contribution in [-0.2, 0) is 19.4 Å². The summed E-state index contributed by atoms with van der Waals surface area (Å²) in [5, 5.41) is 16.2. The number of aryl methyl sites for hydroxylation is 2. The Morgan fingerprint density at radius 1 is 1.32 bits per heavy atom. The molecule has 0 spiro atoms. The minimum Gasteiger partial charge on any atom is -0.338 e. The van der Waals surface area contributed by atoms with Gasteiger partial charge in [-0.3, -0.25) is 0 Å². The molecule has 2 atom stereocenters. The van der Waals surface area contributed by atoms with E-state index >= 15 is 0 Å². The highest BCUT2D eigenvalue weighted by molar-refractivity contribution is 5.05. The highest BCUT2D eigenvalue weighted by Gasteiger charge is 2.30. The van der Waals surface area contributed by atoms with Crippen molar-refractivity contribution in [3.63, 3.8) is 0 Å². The van der Waals surface area contributed by atoms with Crippen molar-refractivity contribution in [2.45, 2.75) is 70.5 Å². The molecule has 1 aliphatic heterocycles. The molecule has 7 heteroatoms. The Balaban J connectivity index is 1.42. The van der Waals surface area contributed by atoms with E-state index in [9.17, 15) is 0 Å². The Bertz CT molecular complexity index is 645. The smallest absolute Gasteiger partial charge is 0.243 e. The molecule has 2 aliphatic rings. The van der Waals surface area contributed by atoms with Gasteiger partial charge in [-0.05, 0) is 26.2 Å². The first-order chi connectivity index (χ1) is 10.7. The molecule has 3 heterocycles. The van der Waals surface area contributed by atoms with E-state index in [4.69, 9.17) is 4.52 Å². The Labute approximate surface area is 129 Å². The fraction of sp³-hybridized carbons (Fsp3) is 0.733. The predicted molar refractivity (Wildman–Crippen MR) is 79.3 cm³/mol. The van der Waals surface area contributed by atoms with Crippen LogP contribution in [-0.4, -0.2) is 30.9 Å². The van der Waals surface area contributed by atoms with Crippen LogP contribution in [0.15, 0.2) is 4.52 Å². The number of rotatable bonds is 5. The van der Waals surface area contributed by atoms with E-state index in [0.29, 0.717) is 17.9 Å². The van der Waals surface area contributed by atoms with Gasteiger partial charge in [0, 0.05) is 31.3 Å². The van der Waals surface area contributed by atoms with Gasteiger partial charge in [0.05, 0.1) is 6.04 Å². The van der Waals surface area contributed by atoms with E-state index in [2.05, 4.69) is 44.1 Å². The van der Waals surface area contributed by atoms with Crippen molar-refractivity contribution in [3.8, 4) is 0 Å². The molecule has 118 valence electrons. The van der Waals surface area contributed by atoms with Crippen LogP contribution in [0.5, 0.6) is 0 Å². The van der Waals surface area contributed by atoms with Crippen molar-refractivity contribution in [3.05, 3.63) is 23.4 Å². The van der Waals surface area contributed by atoms with E-state index < -0.39 is 0 Å². The van der Waals surface area contributed by atoms with Gasteiger partial charge in [0.15, 0.2) is 5.82 Å². The molecule has 0 bridgehead atoms. The van der Waals surface area contributed by atoms with Gasteiger partial charge in [-0.1, -0.05) is 12.1 Å². The topological polar surface area (TPSA) is 81.7 Å². The fourth-order valence-corrected chi connectivity index (χ4v) is 3.14. The van der Waals surface area contributed by atoms with Crippen LogP contribution in [0.2, 0.25) is 0 Å². The Morgan fingerprint density at radius 3 is 2.95 bits per heavy atom. The predicted octanol–water partition coefficient (Wildman–Crippen LogP) is 1.77. The van der Waals surface area contributed by atoms with Gasteiger partial charge >= 0.3 is 0 Å². The molecule has 0 amide bonds. The summed E-state index contributed by atoms with van der Waals surface area (Å²) in [6, 6.07) is 0.466. The summed E-state index contributed by atoms with van der Waals surface area (Å²) in [6.45, 7) is 5.13. The van der Waals surface area contributed by atoms with Crippen molar-refractivity contribution in [1.29, 1.82) is 0 Å². The molecule has 4 rings (SSSR count). The normalized spacial score (nSPS) is 22.5. The lowest BCUT2D eigenvalue weighted by atomic mass is 10.1. The van der Waals surface area contributed by atoms with Gasteiger partial charge < -0.3 is 14.4 Å². The molecular formula is C15H22N6O. The van der Waals surface area contributed by atoms with Crippen LogP contribution in [0.3, 0.4) is 0 Å². The second-order valence-corrected chi connectivity index (χ2v) is 6.39. The summed E-state index contributed by atoms with van der Waals surface area (Å²) in [6.07, 6.45) is 5.34. The molecule has 1 N–H and O–H groups in total. The molecule has 0 unspecified atom stereocenters. The first-order valence-electron chi connectivity index (χ1n) is 8.25. The van der Waals surface area contributed by atoms with Crippen LogP contribution in [0.25, 0.3) is 0 Å². The maximum Gasteiger partial charge on any atom is 0.243 e. The molecule has 0 saturated heterocycles. The average molecular weight is 302 g/mol.